The van der Waals surface area contributed by atoms with E-state index in [-0.39, 0.29) is 10.8 Å². The van der Waals surface area contributed by atoms with Gasteiger partial charge in [-0.2, -0.15) is 0 Å². The topological polar surface area (TPSA) is 97.8 Å². The lowest BCUT2D eigenvalue weighted by atomic mass is 10.2. The standard InChI is InChI=1S/C21H23N3O5S2/c1-14(29-17-9-7-16(28-4)8-10-17)20(25)23-21-22-19(13-30-21)15-5-11-18(12-6-15)31(26,27)24(2)3/h5-14H,1-4H3,(H,22,23,25)/t14-/m1/s1. The van der Waals surface area contributed by atoms with Gasteiger partial charge in [-0.1, -0.05) is 12.1 Å². The highest BCUT2D eigenvalue weighted by Crippen LogP contribution is 2.27. The molecule has 1 amide bonds. The number of rotatable bonds is 8. The summed E-state index contributed by atoms with van der Waals surface area (Å²) in [4.78, 5) is 17.1. The molecule has 2 aromatic carbocycles. The van der Waals surface area contributed by atoms with E-state index in [0.29, 0.717) is 22.3 Å². The Morgan fingerprint density at radius 3 is 2.26 bits per heavy atom. The Morgan fingerprint density at radius 2 is 1.68 bits per heavy atom. The number of carbonyl (C=O) groups excluding carboxylic acids is 1. The monoisotopic (exact) mass is 461 g/mol. The lowest BCUT2D eigenvalue weighted by Gasteiger charge is -2.14. The van der Waals surface area contributed by atoms with Crippen molar-refractivity contribution in [3.63, 3.8) is 0 Å². The third-order valence-corrected chi connectivity index (χ3v) is 6.99. The van der Waals surface area contributed by atoms with Crippen molar-refractivity contribution in [2.24, 2.45) is 0 Å². The molecule has 0 aliphatic heterocycles. The van der Waals surface area contributed by atoms with Gasteiger partial charge in [0.1, 0.15) is 11.5 Å². The predicted octanol–water partition coefficient (Wildman–Crippen LogP) is 3.48. The maximum Gasteiger partial charge on any atom is 0.266 e. The second-order valence-corrected chi connectivity index (χ2v) is 9.78. The summed E-state index contributed by atoms with van der Waals surface area (Å²) in [6.07, 6.45) is -0.726. The smallest absolute Gasteiger partial charge is 0.266 e. The minimum absolute atomic E-state index is 0.203. The highest BCUT2D eigenvalue weighted by Gasteiger charge is 2.18. The van der Waals surface area contributed by atoms with Crippen molar-refractivity contribution in [1.82, 2.24) is 9.29 Å². The summed E-state index contributed by atoms with van der Waals surface area (Å²) in [6, 6.07) is 13.4. The van der Waals surface area contributed by atoms with E-state index >= 15 is 0 Å². The number of hydrogen-bond acceptors (Lipinski definition) is 7. The summed E-state index contributed by atoms with van der Waals surface area (Å²) in [5.41, 5.74) is 1.38. The molecule has 0 radical (unpaired) electrons. The molecule has 1 atom stereocenters. The van der Waals surface area contributed by atoms with Gasteiger partial charge in [-0.3, -0.25) is 10.1 Å². The number of amides is 1. The summed E-state index contributed by atoms with van der Waals surface area (Å²) in [6.45, 7) is 1.65. The van der Waals surface area contributed by atoms with Crippen molar-refractivity contribution < 1.29 is 22.7 Å². The van der Waals surface area contributed by atoms with Gasteiger partial charge in [-0.15, -0.1) is 11.3 Å². The lowest BCUT2D eigenvalue weighted by Crippen LogP contribution is -2.30. The summed E-state index contributed by atoms with van der Waals surface area (Å²) >= 11 is 1.27. The van der Waals surface area contributed by atoms with Crippen LogP contribution in [0.4, 0.5) is 5.13 Å². The van der Waals surface area contributed by atoms with Crippen molar-refractivity contribution >= 4 is 32.4 Å². The molecule has 0 bridgehead atoms. The number of aromatic nitrogens is 1. The van der Waals surface area contributed by atoms with Crippen LogP contribution in [0.2, 0.25) is 0 Å². The highest BCUT2D eigenvalue weighted by molar-refractivity contribution is 7.89. The molecule has 164 valence electrons. The SMILES string of the molecule is COc1ccc(O[C@H](C)C(=O)Nc2nc(-c3ccc(S(=O)(=O)N(C)C)cc3)cs2)cc1. The summed E-state index contributed by atoms with van der Waals surface area (Å²) in [5, 5.41) is 4.96. The van der Waals surface area contributed by atoms with E-state index in [1.54, 1.807) is 55.8 Å². The van der Waals surface area contributed by atoms with Gasteiger partial charge < -0.3 is 9.47 Å². The number of nitrogens with zero attached hydrogens (tertiary/aromatic N) is 2. The molecule has 10 heteroatoms. The number of thiazole rings is 1. The van der Waals surface area contributed by atoms with Crippen LogP contribution in [0.25, 0.3) is 11.3 Å². The third kappa shape index (κ3) is 5.40. The van der Waals surface area contributed by atoms with E-state index in [9.17, 15) is 13.2 Å². The first-order valence-electron chi connectivity index (χ1n) is 9.31. The fourth-order valence-electron chi connectivity index (χ4n) is 2.59. The minimum atomic E-state index is -3.49. The lowest BCUT2D eigenvalue weighted by molar-refractivity contribution is -0.122. The Balaban J connectivity index is 1.64. The molecule has 8 nitrogen and oxygen atoms in total. The Morgan fingerprint density at radius 1 is 1.06 bits per heavy atom. The van der Waals surface area contributed by atoms with Gasteiger partial charge in [-0.25, -0.2) is 17.7 Å². The van der Waals surface area contributed by atoms with Crippen LogP contribution in [0.15, 0.2) is 58.8 Å². The van der Waals surface area contributed by atoms with Gasteiger partial charge in [0.15, 0.2) is 11.2 Å². The zero-order valence-corrected chi connectivity index (χ0v) is 19.2. The molecule has 1 aromatic heterocycles. The zero-order valence-electron chi connectivity index (χ0n) is 17.5. The van der Waals surface area contributed by atoms with E-state index in [1.165, 1.54) is 37.6 Å². The number of methoxy groups -OCH3 is 1. The van der Waals surface area contributed by atoms with E-state index in [2.05, 4.69) is 10.3 Å². The first kappa shape index (κ1) is 22.7. The number of hydrogen-bond donors (Lipinski definition) is 1. The number of benzene rings is 2. The highest BCUT2D eigenvalue weighted by atomic mass is 32.2. The Kier molecular flexibility index (Phi) is 6.94. The number of ether oxygens (including phenoxy) is 2. The maximum absolute atomic E-state index is 12.4. The van der Waals surface area contributed by atoms with Crippen molar-refractivity contribution in [3.05, 3.63) is 53.9 Å². The molecule has 1 heterocycles. The fraction of sp³-hybridized carbons (Fsp3) is 0.238. The van der Waals surface area contributed by atoms with Crippen LogP contribution in [0.5, 0.6) is 11.5 Å². The molecule has 0 aliphatic carbocycles. The molecule has 0 spiro atoms. The average molecular weight is 462 g/mol. The molecule has 31 heavy (non-hydrogen) atoms. The van der Waals surface area contributed by atoms with Crippen LogP contribution >= 0.6 is 11.3 Å². The van der Waals surface area contributed by atoms with Crippen molar-refractivity contribution in [3.8, 4) is 22.8 Å². The predicted molar refractivity (Wildman–Crippen MR) is 120 cm³/mol. The molecule has 1 N–H and O–H groups in total. The largest absolute Gasteiger partial charge is 0.497 e. The second-order valence-electron chi connectivity index (χ2n) is 6.77. The average Bonchev–Trinajstić information content (AvgIpc) is 3.22. The van der Waals surface area contributed by atoms with Crippen molar-refractivity contribution in [2.45, 2.75) is 17.9 Å². The Hall–Kier alpha value is -2.95. The van der Waals surface area contributed by atoms with Crippen LogP contribution in [-0.4, -0.2) is 50.9 Å². The molecule has 0 fully saturated rings. The summed E-state index contributed by atoms with van der Waals surface area (Å²) in [7, 11) is 1.06. The van der Waals surface area contributed by atoms with Gasteiger partial charge in [0.25, 0.3) is 5.91 Å². The van der Waals surface area contributed by atoms with E-state index in [4.69, 9.17) is 9.47 Å². The molecule has 0 saturated heterocycles. The van der Waals surface area contributed by atoms with Crippen LogP contribution in [0, 0.1) is 0 Å². The van der Waals surface area contributed by atoms with E-state index in [0.717, 1.165) is 9.87 Å². The number of sulfonamides is 1. The van der Waals surface area contributed by atoms with Crippen molar-refractivity contribution in [2.75, 3.05) is 26.5 Å². The fourth-order valence-corrected chi connectivity index (χ4v) is 4.22. The van der Waals surface area contributed by atoms with Crippen LogP contribution in [0.1, 0.15) is 6.92 Å². The quantitative estimate of drug-likeness (QED) is 0.552. The maximum atomic E-state index is 12.4. The molecule has 3 rings (SSSR count). The number of carbonyl (C=O) groups is 1. The summed E-state index contributed by atoms with van der Waals surface area (Å²) in [5.74, 6) is 0.923. The Labute approximate surface area is 185 Å². The van der Waals surface area contributed by atoms with Crippen LogP contribution in [-0.2, 0) is 14.8 Å². The molecule has 3 aromatic rings. The third-order valence-electron chi connectivity index (χ3n) is 4.40. The zero-order chi connectivity index (χ0) is 22.6. The summed E-state index contributed by atoms with van der Waals surface area (Å²) < 4.78 is 36.3. The van der Waals surface area contributed by atoms with Gasteiger partial charge in [0, 0.05) is 25.0 Å². The Bertz CT molecular complexity index is 1140. The molecular weight excluding hydrogens is 438 g/mol. The van der Waals surface area contributed by atoms with Gasteiger partial charge in [0.2, 0.25) is 10.0 Å². The van der Waals surface area contributed by atoms with Crippen LogP contribution < -0.4 is 14.8 Å². The normalized spacial score (nSPS) is 12.4. The van der Waals surface area contributed by atoms with Gasteiger partial charge in [0.05, 0.1) is 17.7 Å². The van der Waals surface area contributed by atoms with E-state index < -0.39 is 16.1 Å². The minimum Gasteiger partial charge on any atom is -0.497 e. The van der Waals surface area contributed by atoms with Gasteiger partial charge >= 0.3 is 0 Å². The van der Waals surface area contributed by atoms with Crippen LogP contribution in [0.3, 0.4) is 0 Å². The molecular formula is C21H23N3O5S2. The number of nitrogens with one attached hydrogen (secondary N) is 1. The molecule has 0 aliphatic rings. The molecule has 0 unspecified atom stereocenters. The van der Waals surface area contributed by atoms with E-state index in [1.807, 2.05) is 0 Å². The van der Waals surface area contributed by atoms with Crippen molar-refractivity contribution in [1.29, 1.82) is 0 Å². The molecule has 0 saturated carbocycles. The first-order chi connectivity index (χ1) is 14.7. The van der Waals surface area contributed by atoms with Gasteiger partial charge in [-0.05, 0) is 43.3 Å². The number of anilines is 1. The second kappa shape index (κ2) is 9.46. The first-order valence-corrected chi connectivity index (χ1v) is 11.6.